The third-order valence-electron chi connectivity index (χ3n) is 3.22. The zero-order chi connectivity index (χ0) is 17.9. The number of hydrogen-bond donors (Lipinski definition) is 2. The fourth-order valence-electron chi connectivity index (χ4n) is 2.13. The molecule has 2 aromatic rings. The Morgan fingerprint density at radius 1 is 1.21 bits per heavy atom. The minimum Gasteiger partial charge on any atom is -0.469 e. The second-order valence-corrected chi connectivity index (χ2v) is 6.31. The first kappa shape index (κ1) is 17.5. The highest BCUT2D eigenvalue weighted by Gasteiger charge is 2.25. The summed E-state index contributed by atoms with van der Waals surface area (Å²) < 4.78 is 10.0. The maximum Gasteiger partial charge on any atom is 0.344 e. The van der Waals surface area contributed by atoms with E-state index in [1.165, 1.54) is 7.11 Å². The molecule has 0 unspecified atom stereocenters. The molecule has 0 aliphatic rings. The molecule has 24 heavy (non-hydrogen) atoms. The molecule has 2 rings (SSSR count). The van der Waals surface area contributed by atoms with Gasteiger partial charge in [0, 0.05) is 5.56 Å². The van der Waals surface area contributed by atoms with Crippen molar-refractivity contribution in [3.8, 4) is 11.3 Å². The van der Waals surface area contributed by atoms with Crippen LogP contribution in [-0.4, -0.2) is 34.8 Å². The van der Waals surface area contributed by atoms with Gasteiger partial charge in [0.25, 0.3) is 0 Å². The summed E-state index contributed by atoms with van der Waals surface area (Å²) in [6, 6.07) is 7.11. The monoisotopic (exact) mass is 331 g/mol. The van der Waals surface area contributed by atoms with Crippen LogP contribution >= 0.6 is 0 Å². The molecule has 1 heterocycles. The largest absolute Gasteiger partial charge is 0.469 e. The molecule has 0 amide bonds. The standard InChI is InChI=1S/C17H21N3O4/c1-17(2,3)24-16(22)13-14(19-20-15(13)18)11-7-5-10(6-8-11)9-12(21)23-4/h5-8H,9H2,1-4H3,(H3,18,19,20). The van der Waals surface area contributed by atoms with E-state index in [9.17, 15) is 9.59 Å². The first-order valence-electron chi connectivity index (χ1n) is 7.44. The maximum absolute atomic E-state index is 12.4. The number of anilines is 1. The Morgan fingerprint density at radius 2 is 1.83 bits per heavy atom. The number of ether oxygens (including phenoxy) is 2. The summed E-state index contributed by atoms with van der Waals surface area (Å²) in [5, 5.41) is 6.67. The molecule has 0 radical (unpaired) electrons. The summed E-state index contributed by atoms with van der Waals surface area (Å²) in [6.07, 6.45) is 0.181. The van der Waals surface area contributed by atoms with Crippen molar-refractivity contribution in [3.05, 3.63) is 35.4 Å². The van der Waals surface area contributed by atoms with E-state index in [0.29, 0.717) is 11.3 Å². The second-order valence-electron chi connectivity index (χ2n) is 6.31. The molecule has 7 nitrogen and oxygen atoms in total. The molecule has 0 fully saturated rings. The van der Waals surface area contributed by atoms with Gasteiger partial charge in [-0.25, -0.2) is 4.79 Å². The van der Waals surface area contributed by atoms with Crippen molar-refractivity contribution < 1.29 is 19.1 Å². The molecule has 0 spiro atoms. The lowest BCUT2D eigenvalue weighted by atomic mass is 10.0. The van der Waals surface area contributed by atoms with Gasteiger partial charge in [0.05, 0.1) is 19.2 Å². The van der Waals surface area contributed by atoms with E-state index in [0.717, 1.165) is 5.56 Å². The molecule has 1 aromatic heterocycles. The third kappa shape index (κ3) is 4.13. The van der Waals surface area contributed by atoms with Crippen molar-refractivity contribution in [1.82, 2.24) is 10.2 Å². The lowest BCUT2D eigenvalue weighted by Crippen LogP contribution is -2.24. The van der Waals surface area contributed by atoms with Crippen LogP contribution in [0.4, 0.5) is 5.82 Å². The van der Waals surface area contributed by atoms with Crippen LogP contribution in [0.2, 0.25) is 0 Å². The van der Waals surface area contributed by atoms with Crippen LogP contribution in [0.5, 0.6) is 0 Å². The first-order valence-corrected chi connectivity index (χ1v) is 7.44. The van der Waals surface area contributed by atoms with E-state index in [1.54, 1.807) is 45.0 Å². The van der Waals surface area contributed by atoms with Crippen molar-refractivity contribution in [3.63, 3.8) is 0 Å². The van der Waals surface area contributed by atoms with Gasteiger partial charge in [-0.15, -0.1) is 0 Å². The van der Waals surface area contributed by atoms with Crippen molar-refractivity contribution in [1.29, 1.82) is 0 Å². The van der Waals surface area contributed by atoms with Gasteiger partial charge in [-0.05, 0) is 26.3 Å². The predicted molar refractivity (Wildman–Crippen MR) is 89.3 cm³/mol. The molecular formula is C17H21N3O4. The molecular weight excluding hydrogens is 310 g/mol. The lowest BCUT2D eigenvalue weighted by molar-refractivity contribution is -0.139. The minimum absolute atomic E-state index is 0.0814. The zero-order valence-electron chi connectivity index (χ0n) is 14.2. The Morgan fingerprint density at radius 3 is 2.38 bits per heavy atom. The van der Waals surface area contributed by atoms with Crippen LogP contribution in [0.25, 0.3) is 11.3 Å². The van der Waals surface area contributed by atoms with Gasteiger partial charge in [0.15, 0.2) is 5.82 Å². The normalized spacial score (nSPS) is 11.2. The smallest absolute Gasteiger partial charge is 0.344 e. The molecule has 7 heteroatoms. The average molecular weight is 331 g/mol. The lowest BCUT2D eigenvalue weighted by Gasteiger charge is -2.19. The van der Waals surface area contributed by atoms with Crippen LogP contribution in [0.15, 0.2) is 24.3 Å². The van der Waals surface area contributed by atoms with Gasteiger partial charge in [-0.2, -0.15) is 5.10 Å². The van der Waals surface area contributed by atoms with Gasteiger partial charge in [-0.1, -0.05) is 24.3 Å². The molecule has 0 saturated heterocycles. The summed E-state index contributed by atoms with van der Waals surface area (Å²) in [4.78, 5) is 23.7. The fourth-order valence-corrected chi connectivity index (χ4v) is 2.13. The maximum atomic E-state index is 12.4. The summed E-state index contributed by atoms with van der Waals surface area (Å²) in [6.45, 7) is 5.34. The number of nitrogens with two attached hydrogens (primary N) is 1. The number of hydrogen-bond acceptors (Lipinski definition) is 6. The SMILES string of the molecule is COC(=O)Cc1ccc(-c2[nH]nc(N)c2C(=O)OC(C)(C)C)cc1. The van der Waals surface area contributed by atoms with Gasteiger partial charge < -0.3 is 15.2 Å². The number of H-pyrrole nitrogens is 1. The number of aromatic amines is 1. The molecule has 1 aromatic carbocycles. The number of rotatable bonds is 4. The number of aromatic nitrogens is 2. The van der Waals surface area contributed by atoms with E-state index < -0.39 is 11.6 Å². The van der Waals surface area contributed by atoms with E-state index in [4.69, 9.17) is 10.5 Å². The Hall–Kier alpha value is -2.83. The van der Waals surface area contributed by atoms with Crippen molar-refractivity contribution in [2.24, 2.45) is 0 Å². The van der Waals surface area contributed by atoms with E-state index in [2.05, 4.69) is 14.9 Å². The van der Waals surface area contributed by atoms with Crippen LogP contribution in [0.1, 0.15) is 36.7 Å². The second kappa shape index (κ2) is 6.74. The number of benzene rings is 1. The Bertz CT molecular complexity index is 742. The Kier molecular flexibility index (Phi) is 4.92. The molecule has 0 aliphatic carbocycles. The molecule has 0 saturated carbocycles. The number of nitrogens with zero attached hydrogens (tertiary/aromatic N) is 1. The van der Waals surface area contributed by atoms with Gasteiger partial charge in [0.1, 0.15) is 11.2 Å². The van der Waals surface area contributed by atoms with Crippen molar-refractivity contribution in [2.75, 3.05) is 12.8 Å². The fraction of sp³-hybridized carbons (Fsp3) is 0.353. The number of esters is 2. The van der Waals surface area contributed by atoms with E-state index >= 15 is 0 Å². The molecule has 3 N–H and O–H groups in total. The average Bonchev–Trinajstić information content (AvgIpc) is 2.88. The van der Waals surface area contributed by atoms with Crippen molar-refractivity contribution in [2.45, 2.75) is 32.8 Å². The third-order valence-corrected chi connectivity index (χ3v) is 3.22. The van der Waals surface area contributed by atoms with Gasteiger partial charge in [-0.3, -0.25) is 9.89 Å². The number of nitrogens with one attached hydrogen (secondary N) is 1. The number of carbonyl (C=O) groups excluding carboxylic acids is 2. The van der Waals surface area contributed by atoms with Gasteiger partial charge >= 0.3 is 11.9 Å². The number of methoxy groups -OCH3 is 1. The van der Waals surface area contributed by atoms with Crippen LogP contribution in [0, 0.1) is 0 Å². The highest BCUT2D eigenvalue weighted by molar-refractivity contribution is 6.00. The number of nitrogen functional groups attached to an aromatic ring is 1. The Balaban J connectivity index is 2.30. The van der Waals surface area contributed by atoms with Crippen LogP contribution in [-0.2, 0) is 20.7 Å². The molecule has 128 valence electrons. The molecule has 0 aliphatic heterocycles. The quantitative estimate of drug-likeness (QED) is 0.833. The van der Waals surface area contributed by atoms with Crippen LogP contribution in [0.3, 0.4) is 0 Å². The summed E-state index contributed by atoms with van der Waals surface area (Å²) in [5.74, 6) is -0.775. The summed E-state index contributed by atoms with van der Waals surface area (Å²) >= 11 is 0. The minimum atomic E-state index is -0.636. The zero-order valence-corrected chi connectivity index (χ0v) is 14.2. The van der Waals surface area contributed by atoms with E-state index in [1.807, 2.05) is 0 Å². The predicted octanol–water partition coefficient (Wildman–Crippen LogP) is 2.33. The number of carbonyl (C=O) groups is 2. The summed E-state index contributed by atoms with van der Waals surface area (Å²) in [7, 11) is 1.34. The molecule has 0 bridgehead atoms. The first-order chi connectivity index (χ1) is 11.2. The molecule has 0 atom stereocenters. The highest BCUT2D eigenvalue weighted by atomic mass is 16.6. The topological polar surface area (TPSA) is 107 Å². The van der Waals surface area contributed by atoms with E-state index in [-0.39, 0.29) is 23.8 Å². The van der Waals surface area contributed by atoms with Crippen LogP contribution < -0.4 is 5.73 Å². The summed E-state index contributed by atoms with van der Waals surface area (Å²) in [5.41, 5.74) is 7.37. The van der Waals surface area contributed by atoms with Crippen molar-refractivity contribution >= 4 is 17.8 Å². The van der Waals surface area contributed by atoms with Gasteiger partial charge in [0.2, 0.25) is 0 Å². The highest BCUT2D eigenvalue weighted by Crippen LogP contribution is 2.27. The Labute approximate surface area is 140 Å².